The van der Waals surface area contributed by atoms with Crippen molar-refractivity contribution in [1.29, 1.82) is 0 Å². The molecule has 0 spiro atoms. The molecule has 0 aromatic carbocycles. The molecule has 3 atom stereocenters. The van der Waals surface area contributed by atoms with Gasteiger partial charge in [-0.25, -0.2) is 0 Å². The Morgan fingerprint density at radius 3 is 2.91 bits per heavy atom. The van der Waals surface area contributed by atoms with Crippen LogP contribution in [-0.4, -0.2) is 40.0 Å². The van der Waals surface area contributed by atoms with Crippen molar-refractivity contribution < 1.29 is 9.47 Å². The van der Waals surface area contributed by atoms with Gasteiger partial charge in [0.25, 0.3) is 0 Å². The Kier molecular flexibility index (Phi) is 6.36. The zero-order valence-electron chi connectivity index (χ0n) is 14.4. The minimum Gasteiger partial charge on any atom is -0.353 e. The van der Waals surface area contributed by atoms with Gasteiger partial charge in [0.05, 0.1) is 6.61 Å². The lowest BCUT2D eigenvalue weighted by Crippen LogP contribution is -2.23. The second-order valence-corrected chi connectivity index (χ2v) is 7.90. The molecular weight excluding hydrogens is 310 g/mol. The average molecular weight is 340 g/mol. The Bertz CT molecular complexity index is 488. The van der Waals surface area contributed by atoms with Gasteiger partial charge in [-0.2, -0.15) is 0 Å². The first-order valence-electron chi connectivity index (χ1n) is 9.01. The molecule has 2 heterocycles. The van der Waals surface area contributed by atoms with E-state index in [1.807, 2.05) is 0 Å². The van der Waals surface area contributed by atoms with Gasteiger partial charge in [0.1, 0.15) is 5.82 Å². The van der Waals surface area contributed by atoms with E-state index in [4.69, 9.17) is 9.47 Å². The van der Waals surface area contributed by atoms with E-state index in [0.29, 0.717) is 12.6 Å². The second-order valence-electron chi connectivity index (χ2n) is 6.84. The zero-order valence-corrected chi connectivity index (χ0v) is 15.2. The van der Waals surface area contributed by atoms with Crippen LogP contribution in [0.15, 0.2) is 5.16 Å². The quantitative estimate of drug-likeness (QED) is 0.580. The number of aromatic nitrogens is 3. The van der Waals surface area contributed by atoms with E-state index in [0.717, 1.165) is 42.1 Å². The molecule has 1 saturated heterocycles. The van der Waals surface area contributed by atoms with Crippen molar-refractivity contribution in [2.24, 2.45) is 5.92 Å². The second kappa shape index (κ2) is 8.49. The molecule has 2 fully saturated rings. The maximum Gasteiger partial charge on any atom is 0.191 e. The summed E-state index contributed by atoms with van der Waals surface area (Å²) >= 11 is 1.76. The van der Waals surface area contributed by atoms with Crippen LogP contribution in [0, 0.1) is 12.8 Å². The molecule has 1 aromatic heterocycles. The van der Waals surface area contributed by atoms with E-state index >= 15 is 0 Å². The zero-order chi connectivity index (χ0) is 16.1. The molecular formula is C17H29N3O2S. The molecule has 3 rings (SSSR count). The Balaban J connectivity index is 1.49. The molecule has 1 aliphatic heterocycles. The molecule has 130 valence electrons. The Morgan fingerprint density at radius 1 is 1.22 bits per heavy atom. The van der Waals surface area contributed by atoms with Gasteiger partial charge in [-0.1, -0.05) is 31.5 Å². The molecule has 0 bridgehead atoms. The number of hydrogen-bond acceptors (Lipinski definition) is 5. The molecule has 6 heteroatoms. The third kappa shape index (κ3) is 4.70. The summed E-state index contributed by atoms with van der Waals surface area (Å²) < 4.78 is 13.8. The largest absolute Gasteiger partial charge is 0.353 e. The highest BCUT2D eigenvalue weighted by Gasteiger charge is 2.24. The standard InChI is InChI=1S/C17H29N3O2S/c1-13-6-5-7-15(12-13)20-14(2)18-19-17(20)23-11-10-22-16-8-3-4-9-21-16/h13,15-16H,3-12H2,1-2H3/t13-,15-,16-/m1/s1. The number of aryl methyl sites for hydroxylation is 1. The van der Waals surface area contributed by atoms with Crippen molar-refractivity contribution in [2.75, 3.05) is 19.0 Å². The monoisotopic (exact) mass is 339 g/mol. The van der Waals surface area contributed by atoms with Crippen LogP contribution < -0.4 is 0 Å². The molecule has 1 aliphatic carbocycles. The summed E-state index contributed by atoms with van der Waals surface area (Å²) in [6.07, 6.45) is 8.58. The van der Waals surface area contributed by atoms with Crippen LogP contribution in [0.2, 0.25) is 0 Å². The topological polar surface area (TPSA) is 49.2 Å². The van der Waals surface area contributed by atoms with Crippen molar-refractivity contribution in [1.82, 2.24) is 14.8 Å². The Labute approximate surface area is 143 Å². The molecule has 1 aromatic rings. The molecule has 1 saturated carbocycles. The molecule has 0 unspecified atom stereocenters. The highest BCUT2D eigenvalue weighted by atomic mass is 32.2. The molecule has 23 heavy (non-hydrogen) atoms. The van der Waals surface area contributed by atoms with Crippen molar-refractivity contribution in [3.05, 3.63) is 5.82 Å². The van der Waals surface area contributed by atoms with Crippen LogP contribution in [-0.2, 0) is 9.47 Å². The smallest absolute Gasteiger partial charge is 0.191 e. The summed E-state index contributed by atoms with van der Waals surface area (Å²) in [5, 5.41) is 9.75. The number of nitrogens with zero attached hydrogens (tertiary/aromatic N) is 3. The number of thioether (sulfide) groups is 1. The highest BCUT2D eigenvalue weighted by Crippen LogP contribution is 2.35. The molecule has 0 radical (unpaired) electrons. The van der Waals surface area contributed by atoms with Gasteiger partial charge in [0, 0.05) is 18.4 Å². The average Bonchev–Trinajstić information content (AvgIpc) is 2.93. The lowest BCUT2D eigenvalue weighted by atomic mass is 9.87. The highest BCUT2D eigenvalue weighted by molar-refractivity contribution is 7.99. The lowest BCUT2D eigenvalue weighted by molar-refractivity contribution is -0.158. The normalized spacial score (nSPS) is 28.9. The number of rotatable bonds is 6. The van der Waals surface area contributed by atoms with Crippen LogP contribution in [0.1, 0.15) is 63.7 Å². The van der Waals surface area contributed by atoms with Gasteiger partial charge >= 0.3 is 0 Å². The van der Waals surface area contributed by atoms with E-state index in [2.05, 4.69) is 28.6 Å². The maximum absolute atomic E-state index is 5.81. The van der Waals surface area contributed by atoms with Crippen molar-refractivity contribution in [2.45, 2.75) is 76.3 Å². The van der Waals surface area contributed by atoms with E-state index < -0.39 is 0 Å². The number of ether oxygens (including phenoxy) is 2. The fourth-order valence-electron chi connectivity index (χ4n) is 3.66. The predicted molar refractivity (Wildman–Crippen MR) is 91.7 cm³/mol. The van der Waals surface area contributed by atoms with Gasteiger partial charge in [0.15, 0.2) is 11.4 Å². The van der Waals surface area contributed by atoms with E-state index in [-0.39, 0.29) is 6.29 Å². The van der Waals surface area contributed by atoms with Crippen LogP contribution in [0.25, 0.3) is 0 Å². The van der Waals surface area contributed by atoms with Gasteiger partial charge in [-0.3, -0.25) is 0 Å². The summed E-state index contributed by atoms with van der Waals surface area (Å²) in [6.45, 7) is 5.98. The first-order chi connectivity index (χ1) is 11.2. The molecule has 0 N–H and O–H groups in total. The SMILES string of the molecule is Cc1nnc(SCCO[C@@H]2CCCCO2)n1[C@@H]1CCC[C@@H](C)C1. The molecule has 5 nitrogen and oxygen atoms in total. The van der Waals surface area contributed by atoms with Gasteiger partial charge in [-0.15, -0.1) is 10.2 Å². The van der Waals surface area contributed by atoms with Crippen molar-refractivity contribution >= 4 is 11.8 Å². The Morgan fingerprint density at radius 2 is 2.13 bits per heavy atom. The summed E-state index contributed by atoms with van der Waals surface area (Å²) in [5.74, 6) is 2.75. The Hall–Kier alpha value is -0.590. The fraction of sp³-hybridized carbons (Fsp3) is 0.882. The minimum absolute atomic E-state index is 0.00292. The van der Waals surface area contributed by atoms with E-state index in [1.54, 1.807) is 11.8 Å². The van der Waals surface area contributed by atoms with Crippen molar-refractivity contribution in [3.8, 4) is 0 Å². The fourth-order valence-corrected chi connectivity index (χ4v) is 4.54. The van der Waals surface area contributed by atoms with E-state index in [9.17, 15) is 0 Å². The van der Waals surface area contributed by atoms with Gasteiger partial charge < -0.3 is 14.0 Å². The van der Waals surface area contributed by atoms with Crippen molar-refractivity contribution in [3.63, 3.8) is 0 Å². The van der Waals surface area contributed by atoms with Crippen LogP contribution in [0.3, 0.4) is 0 Å². The summed E-state index contributed by atoms with van der Waals surface area (Å²) in [6, 6.07) is 0.568. The first-order valence-corrected chi connectivity index (χ1v) is 10.00. The first kappa shape index (κ1) is 17.2. The number of hydrogen-bond donors (Lipinski definition) is 0. The summed E-state index contributed by atoms with van der Waals surface area (Å²) in [7, 11) is 0. The third-order valence-electron chi connectivity index (χ3n) is 4.86. The third-order valence-corrected chi connectivity index (χ3v) is 5.77. The van der Waals surface area contributed by atoms with Gasteiger partial charge in [0.2, 0.25) is 0 Å². The maximum atomic E-state index is 5.81. The lowest BCUT2D eigenvalue weighted by Gasteiger charge is -2.29. The van der Waals surface area contributed by atoms with Crippen LogP contribution >= 0.6 is 11.8 Å². The summed E-state index contributed by atoms with van der Waals surface area (Å²) in [5.41, 5.74) is 0. The van der Waals surface area contributed by atoms with E-state index in [1.165, 1.54) is 32.1 Å². The molecule has 2 aliphatic rings. The summed E-state index contributed by atoms with van der Waals surface area (Å²) in [4.78, 5) is 0. The van der Waals surface area contributed by atoms with Crippen LogP contribution in [0.4, 0.5) is 0 Å². The minimum atomic E-state index is 0.00292. The van der Waals surface area contributed by atoms with Gasteiger partial charge in [-0.05, 0) is 44.9 Å². The predicted octanol–water partition coefficient (Wildman–Crippen LogP) is 3.97. The van der Waals surface area contributed by atoms with Crippen LogP contribution in [0.5, 0.6) is 0 Å². The molecule has 0 amide bonds.